The number of carbonyl (C=O) groups excluding carboxylic acids is 1. The number of pyridine rings is 1. The molecule has 140 valence electrons. The lowest BCUT2D eigenvalue weighted by molar-refractivity contribution is -0.0241. The first-order valence-electron chi connectivity index (χ1n) is 8.98. The first-order chi connectivity index (χ1) is 12.4. The van der Waals surface area contributed by atoms with E-state index < -0.39 is 0 Å². The normalized spacial score (nSPS) is 14.7. The summed E-state index contributed by atoms with van der Waals surface area (Å²) in [5.74, 6) is 1.39. The van der Waals surface area contributed by atoms with Crippen molar-refractivity contribution < 1.29 is 14.1 Å². The summed E-state index contributed by atoms with van der Waals surface area (Å²) in [5.41, 5.74) is 0.954. The number of amides is 1. The summed E-state index contributed by atoms with van der Waals surface area (Å²) >= 11 is 0. The highest BCUT2D eigenvalue weighted by Gasteiger charge is 2.15. The number of hydrogen-bond acceptors (Lipinski definition) is 6. The van der Waals surface area contributed by atoms with E-state index in [0.717, 1.165) is 18.9 Å². The third-order valence-electron chi connectivity index (χ3n) is 4.13. The topological polar surface area (TPSA) is 80.5 Å². The third-order valence-corrected chi connectivity index (χ3v) is 4.13. The van der Waals surface area contributed by atoms with E-state index in [0.29, 0.717) is 30.2 Å². The van der Waals surface area contributed by atoms with Gasteiger partial charge in [0.25, 0.3) is 5.91 Å². The van der Waals surface area contributed by atoms with Crippen LogP contribution in [-0.2, 0) is 17.9 Å². The second-order valence-electron chi connectivity index (χ2n) is 7.47. The van der Waals surface area contributed by atoms with Gasteiger partial charge in [0.15, 0.2) is 5.76 Å². The molecular weight excluding hydrogens is 332 g/mol. The highest BCUT2D eigenvalue weighted by molar-refractivity contribution is 5.93. The molecule has 1 amide bonds. The summed E-state index contributed by atoms with van der Waals surface area (Å²) in [6.07, 6.45) is 4.02. The van der Waals surface area contributed by atoms with Crippen molar-refractivity contribution in [2.75, 3.05) is 18.0 Å². The Bertz CT molecular complexity index is 728. The van der Waals surface area contributed by atoms with E-state index in [1.807, 2.05) is 26.8 Å². The molecule has 1 saturated heterocycles. The van der Waals surface area contributed by atoms with Gasteiger partial charge in [-0.2, -0.15) is 0 Å². The van der Waals surface area contributed by atoms with Gasteiger partial charge in [-0.25, -0.2) is 4.98 Å². The molecule has 2 aromatic heterocycles. The summed E-state index contributed by atoms with van der Waals surface area (Å²) in [5, 5.41) is 6.79. The fourth-order valence-electron chi connectivity index (χ4n) is 2.72. The zero-order chi connectivity index (χ0) is 18.6. The Morgan fingerprint density at radius 2 is 2.08 bits per heavy atom. The van der Waals surface area contributed by atoms with Gasteiger partial charge in [-0.15, -0.1) is 0 Å². The van der Waals surface area contributed by atoms with Crippen molar-refractivity contribution in [3.8, 4) is 0 Å². The van der Waals surface area contributed by atoms with E-state index in [-0.39, 0.29) is 11.5 Å². The maximum atomic E-state index is 12.3. The summed E-state index contributed by atoms with van der Waals surface area (Å²) in [6, 6.07) is 5.50. The zero-order valence-electron chi connectivity index (χ0n) is 15.6. The molecule has 0 atom stereocenters. The molecule has 0 spiro atoms. The van der Waals surface area contributed by atoms with Crippen LogP contribution in [0, 0.1) is 0 Å². The quantitative estimate of drug-likeness (QED) is 0.855. The molecule has 0 bridgehead atoms. The minimum Gasteiger partial charge on any atom is -0.368 e. The van der Waals surface area contributed by atoms with Crippen LogP contribution in [0.5, 0.6) is 0 Å². The minimum absolute atomic E-state index is 0.180. The average Bonchev–Trinajstić information content (AvgIpc) is 3.29. The number of nitrogens with zero attached hydrogens (tertiary/aromatic N) is 3. The largest absolute Gasteiger partial charge is 0.368 e. The highest BCUT2D eigenvalue weighted by Crippen LogP contribution is 2.17. The summed E-state index contributed by atoms with van der Waals surface area (Å²) in [6.45, 7) is 8.66. The van der Waals surface area contributed by atoms with Crippen molar-refractivity contribution >= 4 is 11.7 Å². The fraction of sp³-hybridized carbons (Fsp3) is 0.526. The Morgan fingerprint density at radius 3 is 2.73 bits per heavy atom. The van der Waals surface area contributed by atoms with Gasteiger partial charge >= 0.3 is 0 Å². The van der Waals surface area contributed by atoms with Crippen LogP contribution in [0.25, 0.3) is 0 Å². The van der Waals surface area contributed by atoms with E-state index in [9.17, 15) is 4.79 Å². The molecule has 26 heavy (non-hydrogen) atoms. The number of ether oxygens (including phenoxy) is 1. The van der Waals surface area contributed by atoms with Gasteiger partial charge in [-0.05, 0) is 45.7 Å². The SMILES string of the molecule is CC(C)(C)OCc1cc(CNC(=O)c2ccc(N3CCCC3)nc2)no1. The van der Waals surface area contributed by atoms with Gasteiger partial charge in [0, 0.05) is 25.4 Å². The van der Waals surface area contributed by atoms with Crippen LogP contribution in [0.1, 0.15) is 55.4 Å². The molecule has 1 aliphatic heterocycles. The van der Waals surface area contributed by atoms with Crippen molar-refractivity contribution in [1.29, 1.82) is 0 Å². The number of aromatic nitrogens is 2. The van der Waals surface area contributed by atoms with E-state index in [2.05, 4.69) is 20.4 Å². The summed E-state index contributed by atoms with van der Waals surface area (Å²) < 4.78 is 10.9. The predicted octanol–water partition coefficient (Wildman–Crippen LogP) is 2.91. The van der Waals surface area contributed by atoms with E-state index in [4.69, 9.17) is 9.26 Å². The summed E-state index contributed by atoms with van der Waals surface area (Å²) in [7, 11) is 0. The minimum atomic E-state index is -0.241. The summed E-state index contributed by atoms with van der Waals surface area (Å²) in [4.78, 5) is 18.9. The van der Waals surface area contributed by atoms with Crippen LogP contribution in [0.4, 0.5) is 5.82 Å². The molecule has 1 N–H and O–H groups in total. The Kier molecular flexibility index (Phi) is 5.56. The second kappa shape index (κ2) is 7.86. The van der Waals surface area contributed by atoms with Crippen LogP contribution in [0.15, 0.2) is 28.9 Å². The molecule has 2 aromatic rings. The lowest BCUT2D eigenvalue weighted by Crippen LogP contribution is -2.24. The van der Waals surface area contributed by atoms with E-state index >= 15 is 0 Å². The molecule has 0 saturated carbocycles. The maximum Gasteiger partial charge on any atom is 0.253 e. The lowest BCUT2D eigenvalue weighted by Gasteiger charge is -2.17. The van der Waals surface area contributed by atoms with Crippen molar-refractivity contribution in [3.63, 3.8) is 0 Å². The first kappa shape index (κ1) is 18.4. The van der Waals surface area contributed by atoms with E-state index in [1.165, 1.54) is 12.8 Å². The Hall–Kier alpha value is -2.41. The maximum absolute atomic E-state index is 12.3. The number of rotatable bonds is 6. The van der Waals surface area contributed by atoms with Gasteiger partial charge < -0.3 is 19.5 Å². The molecule has 3 rings (SSSR count). The molecule has 3 heterocycles. The van der Waals surface area contributed by atoms with E-state index in [1.54, 1.807) is 18.3 Å². The molecule has 1 fully saturated rings. The van der Waals surface area contributed by atoms with Crippen LogP contribution >= 0.6 is 0 Å². The van der Waals surface area contributed by atoms with Gasteiger partial charge in [0.2, 0.25) is 0 Å². The number of carbonyl (C=O) groups is 1. The lowest BCUT2D eigenvalue weighted by atomic mass is 10.2. The van der Waals surface area contributed by atoms with Crippen molar-refractivity contribution in [2.24, 2.45) is 0 Å². The molecule has 0 radical (unpaired) electrons. The monoisotopic (exact) mass is 358 g/mol. The number of anilines is 1. The average molecular weight is 358 g/mol. The first-order valence-corrected chi connectivity index (χ1v) is 8.98. The van der Waals surface area contributed by atoms with Crippen LogP contribution in [0.3, 0.4) is 0 Å². The molecule has 0 aliphatic carbocycles. The van der Waals surface area contributed by atoms with Crippen molar-refractivity contribution in [1.82, 2.24) is 15.5 Å². The zero-order valence-corrected chi connectivity index (χ0v) is 15.6. The number of hydrogen-bond donors (Lipinski definition) is 1. The van der Waals surface area contributed by atoms with Crippen LogP contribution in [0.2, 0.25) is 0 Å². The third kappa shape index (κ3) is 5.05. The molecule has 0 unspecified atom stereocenters. The van der Waals surface area contributed by atoms with Gasteiger partial charge in [-0.3, -0.25) is 4.79 Å². The fourth-order valence-corrected chi connectivity index (χ4v) is 2.72. The second-order valence-corrected chi connectivity index (χ2v) is 7.47. The Morgan fingerprint density at radius 1 is 1.31 bits per heavy atom. The van der Waals surface area contributed by atoms with Gasteiger partial charge in [0.05, 0.1) is 17.7 Å². The Labute approximate surface area is 153 Å². The van der Waals surface area contributed by atoms with Crippen molar-refractivity contribution in [2.45, 2.75) is 52.4 Å². The van der Waals surface area contributed by atoms with Crippen LogP contribution in [-0.4, -0.2) is 34.7 Å². The highest BCUT2D eigenvalue weighted by atomic mass is 16.5. The Balaban J connectivity index is 1.50. The predicted molar refractivity (Wildman–Crippen MR) is 97.9 cm³/mol. The standard InChI is InChI=1S/C19H26N4O3/c1-19(2,3)25-13-16-10-15(22-26-16)12-21-18(24)14-6-7-17(20-11-14)23-8-4-5-9-23/h6-7,10-11H,4-5,8-9,12-13H2,1-3H3,(H,21,24). The molecule has 7 nitrogen and oxygen atoms in total. The molecule has 1 aliphatic rings. The molecular formula is C19H26N4O3. The van der Waals surface area contributed by atoms with Gasteiger partial charge in [0.1, 0.15) is 18.1 Å². The molecule has 0 aromatic carbocycles. The van der Waals surface area contributed by atoms with Crippen molar-refractivity contribution in [3.05, 3.63) is 41.4 Å². The number of nitrogens with one attached hydrogen (secondary N) is 1. The molecule has 7 heteroatoms. The van der Waals surface area contributed by atoms with Gasteiger partial charge in [-0.1, -0.05) is 5.16 Å². The smallest absolute Gasteiger partial charge is 0.253 e. The van der Waals surface area contributed by atoms with Crippen LogP contribution < -0.4 is 10.2 Å².